The van der Waals surface area contributed by atoms with E-state index in [2.05, 4.69) is 10.6 Å². The van der Waals surface area contributed by atoms with Crippen LogP contribution < -0.4 is 16.4 Å². The van der Waals surface area contributed by atoms with Crippen LogP contribution in [0, 0.1) is 12.7 Å². The van der Waals surface area contributed by atoms with Gasteiger partial charge in [-0.05, 0) is 25.5 Å². The third kappa shape index (κ3) is 4.60. The second kappa shape index (κ2) is 7.49. The summed E-state index contributed by atoms with van der Waals surface area (Å²) in [6, 6.07) is 10.6. The predicted molar refractivity (Wildman–Crippen MR) is 90.0 cm³/mol. The molecule has 0 aromatic heterocycles. The van der Waals surface area contributed by atoms with E-state index in [-0.39, 0.29) is 23.7 Å². The van der Waals surface area contributed by atoms with Gasteiger partial charge in [-0.2, -0.15) is 0 Å². The van der Waals surface area contributed by atoms with Gasteiger partial charge in [0.05, 0.1) is 23.7 Å². The molecule has 0 atom stereocenters. The summed E-state index contributed by atoms with van der Waals surface area (Å²) in [6.45, 7) is 4.39. The summed E-state index contributed by atoms with van der Waals surface area (Å²) in [6.07, 6.45) is -0.668. The second-order valence-electron chi connectivity index (χ2n) is 5.10. The lowest BCUT2D eigenvalue weighted by molar-refractivity contribution is 0.168. The molecule has 0 saturated heterocycles. The fraction of sp³-hybridized carbons (Fsp3) is 0.235. The molecule has 0 aliphatic rings. The minimum atomic E-state index is -0.668. The molecule has 4 N–H and O–H groups in total. The van der Waals surface area contributed by atoms with E-state index in [0.717, 1.165) is 5.56 Å². The Hall–Kier alpha value is -2.76. The highest BCUT2D eigenvalue weighted by Crippen LogP contribution is 2.27. The number of nitrogens with two attached hydrogens (primary N) is 1. The van der Waals surface area contributed by atoms with Crippen LogP contribution in [0.3, 0.4) is 0 Å². The Balaban J connectivity index is 2.07. The Morgan fingerprint density at radius 3 is 2.57 bits per heavy atom. The number of nitrogen functional groups attached to an aromatic ring is 1. The van der Waals surface area contributed by atoms with Crippen molar-refractivity contribution in [2.75, 3.05) is 23.0 Å². The van der Waals surface area contributed by atoms with Crippen molar-refractivity contribution in [1.29, 1.82) is 0 Å². The van der Waals surface area contributed by atoms with Crippen molar-refractivity contribution in [2.45, 2.75) is 20.4 Å². The first-order valence-corrected chi connectivity index (χ1v) is 7.31. The Bertz CT molecular complexity index is 687. The zero-order chi connectivity index (χ0) is 16.8. The fourth-order valence-corrected chi connectivity index (χ4v) is 2.01. The van der Waals surface area contributed by atoms with Crippen LogP contribution in [0.4, 0.5) is 26.2 Å². The van der Waals surface area contributed by atoms with E-state index in [1.165, 1.54) is 17.7 Å². The molecule has 0 saturated carbocycles. The zero-order valence-electron chi connectivity index (χ0n) is 13.2. The smallest absolute Gasteiger partial charge is 0.411 e. The predicted octanol–water partition coefficient (Wildman–Crippen LogP) is 3.90. The Morgan fingerprint density at radius 1 is 1.22 bits per heavy atom. The van der Waals surface area contributed by atoms with E-state index in [9.17, 15) is 9.18 Å². The van der Waals surface area contributed by atoms with Gasteiger partial charge in [0.1, 0.15) is 5.82 Å². The molecule has 0 heterocycles. The molecule has 0 aliphatic carbocycles. The third-order valence-corrected chi connectivity index (χ3v) is 3.25. The lowest BCUT2D eigenvalue weighted by atomic mass is 10.1. The molecular weight excluding hydrogens is 297 g/mol. The van der Waals surface area contributed by atoms with Crippen LogP contribution in [-0.2, 0) is 11.3 Å². The van der Waals surface area contributed by atoms with Gasteiger partial charge in [-0.15, -0.1) is 0 Å². The molecule has 0 radical (unpaired) electrons. The van der Waals surface area contributed by atoms with E-state index < -0.39 is 11.9 Å². The quantitative estimate of drug-likeness (QED) is 0.731. The van der Waals surface area contributed by atoms with E-state index in [1.54, 1.807) is 6.92 Å². The molecule has 2 aromatic carbocycles. The molecule has 6 heteroatoms. The van der Waals surface area contributed by atoms with E-state index in [4.69, 9.17) is 10.5 Å². The molecule has 5 nitrogen and oxygen atoms in total. The van der Waals surface area contributed by atoms with Crippen molar-refractivity contribution in [3.63, 3.8) is 0 Å². The molecule has 2 aromatic rings. The molecule has 0 spiro atoms. The molecule has 0 aliphatic heterocycles. The second-order valence-corrected chi connectivity index (χ2v) is 5.10. The van der Waals surface area contributed by atoms with Crippen molar-refractivity contribution < 1.29 is 13.9 Å². The summed E-state index contributed by atoms with van der Waals surface area (Å²) in [4.78, 5) is 11.4. The number of halogens is 1. The molecule has 2 rings (SSSR count). The van der Waals surface area contributed by atoms with E-state index in [1.807, 2.05) is 31.2 Å². The number of aryl methyl sites for hydroxylation is 1. The number of hydrogen-bond donors (Lipinski definition) is 3. The molecule has 1 amide bonds. The number of carbonyl (C=O) groups is 1. The van der Waals surface area contributed by atoms with Crippen LogP contribution in [0.25, 0.3) is 0 Å². The number of carbonyl (C=O) groups excluding carboxylic acids is 1. The largest absolute Gasteiger partial charge is 0.450 e. The average molecular weight is 317 g/mol. The molecule has 23 heavy (non-hydrogen) atoms. The number of rotatable bonds is 5. The summed E-state index contributed by atoms with van der Waals surface area (Å²) in [5.41, 5.74) is 8.75. The first-order chi connectivity index (χ1) is 11.0. The van der Waals surface area contributed by atoms with E-state index in [0.29, 0.717) is 6.54 Å². The summed E-state index contributed by atoms with van der Waals surface area (Å²) < 4.78 is 18.9. The maximum Gasteiger partial charge on any atom is 0.411 e. The Morgan fingerprint density at radius 2 is 1.91 bits per heavy atom. The van der Waals surface area contributed by atoms with Crippen LogP contribution in [0.5, 0.6) is 0 Å². The number of hydrogen-bond acceptors (Lipinski definition) is 4. The van der Waals surface area contributed by atoms with Gasteiger partial charge in [-0.3, -0.25) is 5.32 Å². The van der Waals surface area contributed by atoms with Crippen LogP contribution in [0.1, 0.15) is 18.1 Å². The minimum Gasteiger partial charge on any atom is -0.450 e. The van der Waals surface area contributed by atoms with Gasteiger partial charge in [-0.25, -0.2) is 9.18 Å². The summed E-state index contributed by atoms with van der Waals surface area (Å²) >= 11 is 0. The van der Waals surface area contributed by atoms with Gasteiger partial charge in [0, 0.05) is 12.6 Å². The first kappa shape index (κ1) is 16.6. The number of ether oxygens (including phenoxy) is 1. The lowest BCUT2D eigenvalue weighted by Gasteiger charge is -2.13. The van der Waals surface area contributed by atoms with Gasteiger partial charge >= 0.3 is 6.09 Å². The number of amides is 1. The standard InChI is InChI=1S/C17H20FN3O2/c1-3-23-17(22)21-16-8-13(18)15(9-14(16)19)20-10-12-6-4-11(2)5-7-12/h4-9,20H,3,10,19H2,1-2H3,(H,21,22). The Labute approximate surface area is 134 Å². The monoisotopic (exact) mass is 317 g/mol. The third-order valence-electron chi connectivity index (χ3n) is 3.25. The van der Waals surface area contributed by atoms with Gasteiger partial charge in [0.25, 0.3) is 0 Å². The van der Waals surface area contributed by atoms with Gasteiger partial charge < -0.3 is 15.8 Å². The van der Waals surface area contributed by atoms with Crippen LogP contribution in [0.15, 0.2) is 36.4 Å². The van der Waals surface area contributed by atoms with E-state index >= 15 is 0 Å². The molecule has 0 unspecified atom stereocenters. The van der Waals surface area contributed by atoms with Crippen molar-refractivity contribution in [3.05, 3.63) is 53.3 Å². The number of anilines is 3. The summed E-state index contributed by atoms with van der Waals surface area (Å²) in [5.74, 6) is -0.502. The average Bonchev–Trinajstić information content (AvgIpc) is 2.51. The highest BCUT2D eigenvalue weighted by Gasteiger charge is 2.11. The molecule has 0 bridgehead atoms. The van der Waals surface area contributed by atoms with Crippen molar-refractivity contribution in [1.82, 2.24) is 0 Å². The fourth-order valence-electron chi connectivity index (χ4n) is 2.01. The van der Waals surface area contributed by atoms with Crippen LogP contribution in [-0.4, -0.2) is 12.7 Å². The summed E-state index contributed by atoms with van der Waals surface area (Å²) in [5, 5.41) is 5.40. The number of benzene rings is 2. The van der Waals surface area contributed by atoms with Crippen molar-refractivity contribution >= 4 is 23.2 Å². The van der Waals surface area contributed by atoms with Crippen molar-refractivity contribution in [2.24, 2.45) is 0 Å². The highest BCUT2D eigenvalue weighted by molar-refractivity contribution is 5.89. The molecule has 0 fully saturated rings. The topological polar surface area (TPSA) is 76.4 Å². The maximum atomic E-state index is 14.1. The Kier molecular flexibility index (Phi) is 5.41. The SMILES string of the molecule is CCOC(=O)Nc1cc(F)c(NCc2ccc(C)cc2)cc1N. The van der Waals surface area contributed by atoms with Gasteiger partial charge in [0.15, 0.2) is 0 Å². The minimum absolute atomic E-state index is 0.182. The zero-order valence-corrected chi connectivity index (χ0v) is 13.2. The van der Waals surface area contributed by atoms with Gasteiger partial charge in [0.2, 0.25) is 0 Å². The molecule has 122 valence electrons. The summed E-state index contributed by atoms with van der Waals surface area (Å²) in [7, 11) is 0. The van der Waals surface area contributed by atoms with Gasteiger partial charge in [-0.1, -0.05) is 29.8 Å². The maximum absolute atomic E-state index is 14.1. The van der Waals surface area contributed by atoms with Crippen molar-refractivity contribution in [3.8, 4) is 0 Å². The highest BCUT2D eigenvalue weighted by atomic mass is 19.1. The first-order valence-electron chi connectivity index (χ1n) is 7.31. The molecular formula is C17H20FN3O2. The van der Waals surface area contributed by atoms with Crippen LogP contribution in [0.2, 0.25) is 0 Å². The lowest BCUT2D eigenvalue weighted by Crippen LogP contribution is -2.15. The number of nitrogens with one attached hydrogen (secondary N) is 2. The normalized spacial score (nSPS) is 10.2. The van der Waals surface area contributed by atoms with Crippen LogP contribution >= 0.6 is 0 Å².